The second-order valence-corrected chi connectivity index (χ2v) is 5.83. The molecule has 0 aliphatic rings. The third-order valence-electron chi connectivity index (χ3n) is 3.65. The van der Waals surface area contributed by atoms with Crippen molar-refractivity contribution in [3.63, 3.8) is 0 Å². The highest BCUT2D eigenvalue weighted by molar-refractivity contribution is 14.0. The number of benzene rings is 2. The summed E-state index contributed by atoms with van der Waals surface area (Å²) in [4.78, 5) is 6.39. The van der Waals surface area contributed by atoms with Gasteiger partial charge in [0.05, 0.1) is 0 Å². The van der Waals surface area contributed by atoms with E-state index in [1.54, 1.807) is 7.05 Å². The molecule has 2 rings (SSSR count). The second kappa shape index (κ2) is 10.2. The number of nitrogens with one attached hydrogen (secondary N) is 2. The quantitative estimate of drug-likeness (QED) is 0.426. The maximum Gasteiger partial charge on any atom is 0.191 e. The summed E-state index contributed by atoms with van der Waals surface area (Å²) in [6.07, 6.45) is 0. The minimum absolute atomic E-state index is 0. The molecule has 0 amide bonds. The standard InChI is InChI=1S/C19H26N4.HI/c1-15-7-5-8-16(11-15)13-21-19(20-2)22-14-17-9-6-10-18(12-17)23(3)4;/h5-12H,13-14H2,1-4H3,(H2,20,21,22);1H. The molecular formula is C19H27IN4. The molecule has 0 bridgehead atoms. The van der Waals surface area contributed by atoms with Crippen LogP contribution in [0.2, 0.25) is 0 Å². The SMILES string of the molecule is CN=C(NCc1cccc(C)c1)NCc1cccc(N(C)C)c1.I. The zero-order chi connectivity index (χ0) is 16.7. The molecule has 0 fully saturated rings. The van der Waals surface area contributed by atoms with Gasteiger partial charge in [-0.15, -0.1) is 24.0 Å². The molecular weight excluding hydrogens is 411 g/mol. The fourth-order valence-corrected chi connectivity index (χ4v) is 2.36. The molecule has 0 aliphatic carbocycles. The number of rotatable bonds is 5. The van der Waals surface area contributed by atoms with E-state index in [9.17, 15) is 0 Å². The van der Waals surface area contributed by atoms with Crippen molar-refractivity contribution in [1.29, 1.82) is 0 Å². The fraction of sp³-hybridized carbons (Fsp3) is 0.316. The van der Waals surface area contributed by atoms with E-state index in [4.69, 9.17) is 0 Å². The maximum absolute atomic E-state index is 4.28. The van der Waals surface area contributed by atoms with Gasteiger partial charge >= 0.3 is 0 Å². The molecule has 0 radical (unpaired) electrons. The lowest BCUT2D eigenvalue weighted by molar-refractivity contribution is 0.808. The van der Waals surface area contributed by atoms with Crippen molar-refractivity contribution < 1.29 is 0 Å². The van der Waals surface area contributed by atoms with E-state index in [0.717, 1.165) is 19.0 Å². The van der Waals surface area contributed by atoms with Crippen LogP contribution >= 0.6 is 24.0 Å². The van der Waals surface area contributed by atoms with Crippen molar-refractivity contribution >= 4 is 35.6 Å². The van der Waals surface area contributed by atoms with Crippen LogP contribution in [0.1, 0.15) is 16.7 Å². The van der Waals surface area contributed by atoms with Crippen LogP contribution in [0.5, 0.6) is 0 Å². The van der Waals surface area contributed by atoms with E-state index in [0.29, 0.717) is 0 Å². The van der Waals surface area contributed by atoms with Crippen molar-refractivity contribution in [1.82, 2.24) is 10.6 Å². The van der Waals surface area contributed by atoms with Gasteiger partial charge in [-0.25, -0.2) is 0 Å². The van der Waals surface area contributed by atoms with Gasteiger partial charge in [-0.3, -0.25) is 4.99 Å². The van der Waals surface area contributed by atoms with Gasteiger partial charge in [-0.1, -0.05) is 42.0 Å². The van der Waals surface area contributed by atoms with E-state index < -0.39 is 0 Å². The lowest BCUT2D eigenvalue weighted by atomic mass is 10.1. The average Bonchev–Trinajstić information content (AvgIpc) is 2.55. The first kappa shape index (κ1) is 20.3. The smallest absolute Gasteiger partial charge is 0.191 e. The molecule has 2 aromatic carbocycles. The lowest BCUT2D eigenvalue weighted by Gasteiger charge is -2.15. The number of anilines is 1. The molecule has 0 saturated carbocycles. The highest BCUT2D eigenvalue weighted by atomic mass is 127. The van der Waals surface area contributed by atoms with Crippen LogP contribution in [0.15, 0.2) is 53.5 Å². The number of hydrogen-bond donors (Lipinski definition) is 2. The number of aryl methyl sites for hydroxylation is 1. The third kappa shape index (κ3) is 6.39. The summed E-state index contributed by atoms with van der Waals surface area (Å²) >= 11 is 0. The molecule has 0 atom stereocenters. The fourth-order valence-electron chi connectivity index (χ4n) is 2.36. The summed E-state index contributed by atoms with van der Waals surface area (Å²) in [6, 6.07) is 17.0. The van der Waals surface area contributed by atoms with Gasteiger partial charge in [-0.05, 0) is 30.2 Å². The summed E-state index contributed by atoms with van der Waals surface area (Å²) in [7, 11) is 5.89. The number of halogens is 1. The van der Waals surface area contributed by atoms with Crippen LogP contribution in [0.4, 0.5) is 5.69 Å². The molecule has 0 saturated heterocycles. The number of guanidine groups is 1. The van der Waals surface area contributed by atoms with Crippen LogP contribution in [0.3, 0.4) is 0 Å². The van der Waals surface area contributed by atoms with Crippen molar-refractivity contribution in [3.8, 4) is 0 Å². The minimum atomic E-state index is 0. The molecule has 0 aliphatic heterocycles. The van der Waals surface area contributed by atoms with E-state index in [2.05, 4.69) is 90.1 Å². The average molecular weight is 438 g/mol. The minimum Gasteiger partial charge on any atom is -0.378 e. The van der Waals surface area contributed by atoms with Gasteiger partial charge in [0, 0.05) is 39.9 Å². The maximum atomic E-state index is 4.28. The largest absolute Gasteiger partial charge is 0.378 e. The molecule has 0 heterocycles. The number of aliphatic imine (C=N–C) groups is 1. The highest BCUT2D eigenvalue weighted by Crippen LogP contribution is 2.13. The Balaban J connectivity index is 0.00000288. The molecule has 5 heteroatoms. The Bertz CT molecular complexity index is 668. The van der Waals surface area contributed by atoms with E-state index >= 15 is 0 Å². The summed E-state index contributed by atoms with van der Waals surface area (Å²) in [6.45, 7) is 3.61. The monoisotopic (exact) mass is 438 g/mol. The first-order valence-corrected chi connectivity index (χ1v) is 7.85. The van der Waals surface area contributed by atoms with Gasteiger partial charge in [0.25, 0.3) is 0 Å². The number of nitrogens with zero attached hydrogens (tertiary/aromatic N) is 2. The first-order chi connectivity index (χ1) is 11.1. The van der Waals surface area contributed by atoms with Gasteiger partial charge in [0.1, 0.15) is 0 Å². The lowest BCUT2D eigenvalue weighted by Crippen LogP contribution is -2.36. The molecule has 2 N–H and O–H groups in total. The van der Waals surface area contributed by atoms with Crippen LogP contribution in [0.25, 0.3) is 0 Å². The second-order valence-electron chi connectivity index (χ2n) is 5.83. The molecule has 4 nitrogen and oxygen atoms in total. The van der Waals surface area contributed by atoms with Crippen molar-refractivity contribution in [2.24, 2.45) is 4.99 Å². The van der Waals surface area contributed by atoms with E-state index in [1.807, 2.05) is 0 Å². The molecule has 130 valence electrons. The summed E-state index contributed by atoms with van der Waals surface area (Å²) in [5, 5.41) is 6.71. The predicted octanol–water partition coefficient (Wildman–Crippen LogP) is 3.54. The van der Waals surface area contributed by atoms with E-state index in [1.165, 1.54) is 22.4 Å². The van der Waals surface area contributed by atoms with E-state index in [-0.39, 0.29) is 24.0 Å². The molecule has 0 unspecified atom stereocenters. The van der Waals surface area contributed by atoms with Crippen molar-refractivity contribution in [2.75, 3.05) is 26.0 Å². The van der Waals surface area contributed by atoms with Crippen LogP contribution in [-0.4, -0.2) is 27.1 Å². The molecule has 24 heavy (non-hydrogen) atoms. The van der Waals surface area contributed by atoms with Crippen LogP contribution < -0.4 is 15.5 Å². The Hall–Kier alpha value is -1.76. The summed E-state index contributed by atoms with van der Waals surface area (Å²) < 4.78 is 0. The molecule has 0 aromatic heterocycles. The Morgan fingerprint density at radius 1 is 0.958 bits per heavy atom. The van der Waals surface area contributed by atoms with Crippen LogP contribution in [0, 0.1) is 6.92 Å². The van der Waals surface area contributed by atoms with Gasteiger partial charge in [0.2, 0.25) is 0 Å². The topological polar surface area (TPSA) is 39.7 Å². The predicted molar refractivity (Wildman–Crippen MR) is 114 cm³/mol. The van der Waals surface area contributed by atoms with Crippen molar-refractivity contribution in [2.45, 2.75) is 20.0 Å². The zero-order valence-corrected chi connectivity index (χ0v) is 17.2. The highest BCUT2D eigenvalue weighted by Gasteiger charge is 2.01. The Morgan fingerprint density at radius 2 is 1.54 bits per heavy atom. The first-order valence-electron chi connectivity index (χ1n) is 7.85. The molecule has 0 spiro atoms. The Kier molecular flexibility index (Phi) is 8.60. The molecule has 2 aromatic rings. The summed E-state index contributed by atoms with van der Waals surface area (Å²) in [5.74, 6) is 0.807. The number of hydrogen-bond acceptors (Lipinski definition) is 2. The Labute approximate surface area is 162 Å². The third-order valence-corrected chi connectivity index (χ3v) is 3.65. The van der Waals surface area contributed by atoms with Crippen LogP contribution in [-0.2, 0) is 13.1 Å². The van der Waals surface area contributed by atoms with Gasteiger partial charge < -0.3 is 15.5 Å². The Morgan fingerprint density at radius 3 is 2.08 bits per heavy atom. The van der Waals surface area contributed by atoms with Gasteiger partial charge in [-0.2, -0.15) is 0 Å². The zero-order valence-electron chi connectivity index (χ0n) is 14.8. The van der Waals surface area contributed by atoms with Crippen molar-refractivity contribution in [3.05, 3.63) is 65.2 Å². The normalized spacial score (nSPS) is 10.8. The van der Waals surface area contributed by atoms with Gasteiger partial charge in [0.15, 0.2) is 5.96 Å². The summed E-state index contributed by atoms with van der Waals surface area (Å²) in [5.41, 5.74) is 4.96.